The first kappa shape index (κ1) is 13.0. The number of fused-ring (bicyclic) bond motifs is 2. The molecular formula is C14H26N2O. The first-order chi connectivity index (χ1) is 8.08. The molecule has 0 aromatic heterocycles. The SMILES string of the molecule is CCC(C)(C=O)CN1CCC2CCC(C1)N2C. The van der Waals surface area contributed by atoms with Gasteiger partial charge in [-0.25, -0.2) is 0 Å². The van der Waals surface area contributed by atoms with Crippen LogP contribution in [0.3, 0.4) is 0 Å². The van der Waals surface area contributed by atoms with E-state index in [0.717, 1.165) is 44.4 Å². The summed E-state index contributed by atoms with van der Waals surface area (Å²) in [5, 5.41) is 0. The zero-order valence-electron chi connectivity index (χ0n) is 11.5. The lowest BCUT2D eigenvalue weighted by Crippen LogP contribution is -2.42. The topological polar surface area (TPSA) is 23.6 Å². The lowest BCUT2D eigenvalue weighted by atomic mass is 9.88. The lowest BCUT2D eigenvalue weighted by Gasteiger charge is -2.32. The summed E-state index contributed by atoms with van der Waals surface area (Å²) < 4.78 is 0. The third-order valence-corrected chi connectivity index (χ3v) is 4.91. The number of likely N-dealkylation sites (N-methyl/N-ethyl adjacent to an activating group) is 1. The van der Waals surface area contributed by atoms with Gasteiger partial charge in [0.25, 0.3) is 0 Å². The molecule has 2 aliphatic rings. The largest absolute Gasteiger partial charge is 0.303 e. The molecule has 2 heterocycles. The zero-order valence-corrected chi connectivity index (χ0v) is 11.5. The van der Waals surface area contributed by atoms with Crippen molar-refractivity contribution in [1.82, 2.24) is 9.80 Å². The van der Waals surface area contributed by atoms with Crippen molar-refractivity contribution >= 4 is 6.29 Å². The monoisotopic (exact) mass is 238 g/mol. The Balaban J connectivity index is 1.97. The van der Waals surface area contributed by atoms with E-state index in [-0.39, 0.29) is 5.41 Å². The molecule has 0 amide bonds. The van der Waals surface area contributed by atoms with Crippen LogP contribution >= 0.6 is 0 Å². The predicted octanol–water partition coefficient (Wildman–Crippen LogP) is 1.77. The van der Waals surface area contributed by atoms with Gasteiger partial charge in [0.15, 0.2) is 0 Å². The fourth-order valence-electron chi connectivity index (χ4n) is 3.27. The molecule has 0 aromatic rings. The molecule has 2 bridgehead atoms. The predicted molar refractivity (Wildman–Crippen MR) is 70.1 cm³/mol. The van der Waals surface area contributed by atoms with E-state index in [1.165, 1.54) is 19.3 Å². The van der Waals surface area contributed by atoms with Gasteiger partial charge in [-0.05, 0) is 39.3 Å². The Morgan fingerprint density at radius 3 is 2.65 bits per heavy atom. The minimum atomic E-state index is -0.151. The molecule has 2 fully saturated rings. The Labute approximate surface area is 105 Å². The molecule has 2 aliphatic heterocycles. The minimum Gasteiger partial charge on any atom is -0.303 e. The quantitative estimate of drug-likeness (QED) is 0.697. The Bertz CT molecular complexity index is 281. The van der Waals surface area contributed by atoms with Crippen molar-refractivity contribution in [3.8, 4) is 0 Å². The van der Waals surface area contributed by atoms with Crippen LogP contribution in [0.1, 0.15) is 39.5 Å². The molecule has 0 saturated carbocycles. The number of nitrogens with zero attached hydrogens (tertiary/aromatic N) is 2. The van der Waals surface area contributed by atoms with E-state index in [9.17, 15) is 4.79 Å². The second-order valence-corrected chi connectivity index (χ2v) is 6.20. The summed E-state index contributed by atoms with van der Waals surface area (Å²) >= 11 is 0. The fraction of sp³-hybridized carbons (Fsp3) is 0.929. The average Bonchev–Trinajstić information content (AvgIpc) is 2.57. The van der Waals surface area contributed by atoms with Crippen molar-refractivity contribution in [1.29, 1.82) is 0 Å². The maximum absolute atomic E-state index is 11.2. The van der Waals surface area contributed by atoms with E-state index >= 15 is 0 Å². The van der Waals surface area contributed by atoms with Crippen LogP contribution in [0.5, 0.6) is 0 Å². The highest BCUT2D eigenvalue weighted by Crippen LogP contribution is 2.30. The Morgan fingerprint density at radius 2 is 2.00 bits per heavy atom. The van der Waals surface area contributed by atoms with Gasteiger partial charge < -0.3 is 9.69 Å². The molecule has 2 saturated heterocycles. The van der Waals surface area contributed by atoms with E-state index in [0.29, 0.717) is 0 Å². The van der Waals surface area contributed by atoms with Crippen molar-refractivity contribution in [2.75, 3.05) is 26.7 Å². The van der Waals surface area contributed by atoms with E-state index in [1.54, 1.807) is 0 Å². The molecule has 0 aliphatic carbocycles. The third-order valence-electron chi connectivity index (χ3n) is 4.91. The van der Waals surface area contributed by atoms with Gasteiger partial charge in [-0.1, -0.05) is 13.8 Å². The van der Waals surface area contributed by atoms with Gasteiger partial charge in [-0.2, -0.15) is 0 Å². The fourth-order valence-corrected chi connectivity index (χ4v) is 3.27. The summed E-state index contributed by atoms with van der Waals surface area (Å²) in [7, 11) is 2.27. The number of carbonyl (C=O) groups is 1. The summed E-state index contributed by atoms with van der Waals surface area (Å²) in [6.45, 7) is 7.45. The molecule has 0 spiro atoms. The van der Waals surface area contributed by atoms with Crippen molar-refractivity contribution in [3.05, 3.63) is 0 Å². The lowest BCUT2D eigenvalue weighted by molar-refractivity contribution is -0.116. The Hall–Kier alpha value is -0.410. The second kappa shape index (κ2) is 5.07. The molecule has 3 nitrogen and oxygen atoms in total. The number of hydrogen-bond acceptors (Lipinski definition) is 3. The van der Waals surface area contributed by atoms with Crippen LogP contribution in [0, 0.1) is 5.41 Å². The molecular weight excluding hydrogens is 212 g/mol. The molecule has 3 heteroatoms. The van der Waals surface area contributed by atoms with Gasteiger partial charge in [0.2, 0.25) is 0 Å². The second-order valence-electron chi connectivity index (χ2n) is 6.20. The number of hydrogen-bond donors (Lipinski definition) is 0. The van der Waals surface area contributed by atoms with E-state index in [1.807, 2.05) is 0 Å². The van der Waals surface area contributed by atoms with Crippen molar-refractivity contribution in [2.45, 2.75) is 51.6 Å². The zero-order chi connectivity index (χ0) is 12.5. The Morgan fingerprint density at radius 1 is 1.29 bits per heavy atom. The van der Waals surface area contributed by atoms with Gasteiger partial charge >= 0.3 is 0 Å². The summed E-state index contributed by atoms with van der Waals surface area (Å²) in [4.78, 5) is 16.3. The molecule has 0 N–H and O–H groups in total. The van der Waals surface area contributed by atoms with Crippen LogP contribution in [0.25, 0.3) is 0 Å². The first-order valence-electron chi connectivity index (χ1n) is 6.98. The van der Waals surface area contributed by atoms with Gasteiger partial charge in [0.1, 0.15) is 6.29 Å². The first-order valence-corrected chi connectivity index (χ1v) is 6.98. The van der Waals surface area contributed by atoms with Gasteiger partial charge in [0.05, 0.1) is 0 Å². The maximum Gasteiger partial charge on any atom is 0.127 e. The highest BCUT2D eigenvalue weighted by atomic mass is 16.1. The van der Waals surface area contributed by atoms with Crippen LogP contribution in [0.4, 0.5) is 0 Å². The number of aldehydes is 1. The molecule has 3 atom stereocenters. The molecule has 17 heavy (non-hydrogen) atoms. The van der Waals surface area contributed by atoms with Crippen LogP contribution in [-0.2, 0) is 4.79 Å². The normalized spacial score (nSPS) is 34.3. The molecule has 98 valence electrons. The van der Waals surface area contributed by atoms with Gasteiger partial charge in [-0.15, -0.1) is 0 Å². The van der Waals surface area contributed by atoms with Gasteiger partial charge in [0, 0.05) is 30.6 Å². The van der Waals surface area contributed by atoms with E-state index in [2.05, 4.69) is 30.7 Å². The maximum atomic E-state index is 11.2. The van der Waals surface area contributed by atoms with Crippen LogP contribution in [-0.4, -0.2) is 54.9 Å². The summed E-state index contributed by atoms with van der Waals surface area (Å²) in [5.74, 6) is 0. The summed E-state index contributed by atoms with van der Waals surface area (Å²) in [5.41, 5.74) is -0.151. The number of likely N-dealkylation sites (tertiary alicyclic amines) is 1. The summed E-state index contributed by atoms with van der Waals surface area (Å²) in [6.07, 6.45) is 6.07. The minimum absolute atomic E-state index is 0.151. The van der Waals surface area contributed by atoms with Gasteiger partial charge in [-0.3, -0.25) is 4.90 Å². The average molecular weight is 238 g/mol. The van der Waals surface area contributed by atoms with Crippen LogP contribution in [0.15, 0.2) is 0 Å². The van der Waals surface area contributed by atoms with E-state index in [4.69, 9.17) is 0 Å². The Kier molecular flexibility index (Phi) is 3.88. The number of rotatable bonds is 4. The molecule has 2 rings (SSSR count). The molecule has 0 radical (unpaired) electrons. The van der Waals surface area contributed by atoms with Crippen molar-refractivity contribution < 1.29 is 4.79 Å². The molecule has 0 aromatic carbocycles. The van der Waals surface area contributed by atoms with Crippen LogP contribution in [0.2, 0.25) is 0 Å². The van der Waals surface area contributed by atoms with Crippen molar-refractivity contribution in [3.63, 3.8) is 0 Å². The highest BCUT2D eigenvalue weighted by Gasteiger charge is 2.36. The van der Waals surface area contributed by atoms with E-state index < -0.39 is 0 Å². The summed E-state index contributed by atoms with van der Waals surface area (Å²) in [6, 6.07) is 1.50. The highest BCUT2D eigenvalue weighted by molar-refractivity contribution is 5.58. The number of carbonyl (C=O) groups excluding carboxylic acids is 1. The molecule has 3 unspecified atom stereocenters. The standard InChI is InChI=1S/C14H26N2O/c1-4-14(2,11-17)10-16-8-7-12-5-6-13(9-16)15(12)3/h11-13H,4-10H2,1-3H3. The smallest absolute Gasteiger partial charge is 0.127 e. The van der Waals surface area contributed by atoms with Crippen LogP contribution < -0.4 is 0 Å². The van der Waals surface area contributed by atoms with Crippen molar-refractivity contribution in [2.24, 2.45) is 5.41 Å². The third kappa shape index (κ3) is 2.71.